The van der Waals surface area contributed by atoms with E-state index >= 15 is 0 Å². The lowest BCUT2D eigenvalue weighted by Crippen LogP contribution is -2.18. The van der Waals surface area contributed by atoms with E-state index in [-0.39, 0.29) is 0 Å². The standard InChI is InChI=1S/C16H13BrIN3O3/c1-8-13(14(22)16(23)24-2)15(18)21-12(19-8)7-11(20-21)9-4-3-5-10(17)6-9/h3-7,14,22H,1-2H3/t14-/m0/s1. The van der Waals surface area contributed by atoms with Crippen LogP contribution in [0.15, 0.2) is 34.8 Å². The predicted octanol–water partition coefficient (Wildman–Crippen LogP) is 3.28. The summed E-state index contributed by atoms with van der Waals surface area (Å²) >= 11 is 5.50. The lowest BCUT2D eigenvalue weighted by atomic mass is 10.1. The van der Waals surface area contributed by atoms with Gasteiger partial charge in [0.05, 0.1) is 12.8 Å². The zero-order valence-electron chi connectivity index (χ0n) is 12.8. The third-order valence-corrected chi connectivity index (χ3v) is 5.12. The number of fused-ring (bicyclic) bond motifs is 1. The molecule has 8 heteroatoms. The van der Waals surface area contributed by atoms with Crippen LogP contribution in [-0.2, 0) is 9.53 Å². The normalized spacial score (nSPS) is 12.4. The number of aryl methyl sites for hydroxylation is 1. The number of aliphatic hydroxyl groups is 1. The van der Waals surface area contributed by atoms with Gasteiger partial charge in [0.15, 0.2) is 11.8 Å². The highest BCUT2D eigenvalue weighted by Gasteiger charge is 2.26. The molecule has 0 saturated heterocycles. The Morgan fingerprint density at radius 2 is 2.17 bits per heavy atom. The number of hydrogen-bond donors (Lipinski definition) is 1. The molecule has 0 aliphatic heterocycles. The number of methoxy groups -OCH3 is 1. The zero-order chi connectivity index (χ0) is 17.4. The fourth-order valence-electron chi connectivity index (χ4n) is 2.42. The lowest BCUT2D eigenvalue weighted by Gasteiger charge is -2.13. The van der Waals surface area contributed by atoms with Crippen molar-refractivity contribution in [1.82, 2.24) is 14.6 Å². The van der Waals surface area contributed by atoms with E-state index < -0.39 is 12.1 Å². The van der Waals surface area contributed by atoms with Crippen LogP contribution in [0, 0.1) is 10.6 Å². The maximum atomic E-state index is 11.7. The number of benzene rings is 1. The number of nitrogens with zero attached hydrogens (tertiary/aromatic N) is 3. The third-order valence-electron chi connectivity index (χ3n) is 3.59. The van der Waals surface area contributed by atoms with Crippen molar-refractivity contribution in [3.05, 3.63) is 49.8 Å². The number of aliphatic hydroxyl groups excluding tert-OH is 1. The molecule has 3 aromatic rings. The van der Waals surface area contributed by atoms with E-state index in [0.717, 1.165) is 15.7 Å². The summed E-state index contributed by atoms with van der Waals surface area (Å²) in [6.45, 7) is 1.75. The van der Waals surface area contributed by atoms with Crippen LogP contribution in [0.4, 0.5) is 0 Å². The van der Waals surface area contributed by atoms with Crippen molar-refractivity contribution in [1.29, 1.82) is 0 Å². The number of esters is 1. The van der Waals surface area contributed by atoms with Crippen molar-refractivity contribution in [2.45, 2.75) is 13.0 Å². The Balaban J connectivity index is 2.17. The number of aromatic nitrogens is 3. The van der Waals surface area contributed by atoms with E-state index in [4.69, 9.17) is 0 Å². The SMILES string of the molecule is COC(=O)[C@@H](O)c1c(C)nc2cc(-c3cccc(Br)c3)nn2c1I. The van der Waals surface area contributed by atoms with E-state index in [1.807, 2.05) is 30.3 Å². The van der Waals surface area contributed by atoms with Gasteiger partial charge in [-0.05, 0) is 41.6 Å². The van der Waals surface area contributed by atoms with Crippen LogP contribution in [0.25, 0.3) is 16.9 Å². The summed E-state index contributed by atoms with van der Waals surface area (Å²) < 4.78 is 7.81. The Morgan fingerprint density at radius 1 is 1.42 bits per heavy atom. The van der Waals surface area contributed by atoms with Crippen molar-refractivity contribution in [2.24, 2.45) is 0 Å². The summed E-state index contributed by atoms with van der Waals surface area (Å²) in [5, 5.41) is 14.8. The van der Waals surface area contributed by atoms with Gasteiger partial charge in [0, 0.05) is 27.4 Å². The predicted molar refractivity (Wildman–Crippen MR) is 101 cm³/mol. The molecule has 1 aromatic carbocycles. The quantitative estimate of drug-likeness (QED) is 0.338. The molecule has 1 atom stereocenters. The average Bonchev–Trinajstić information content (AvgIpc) is 2.98. The first-order valence-corrected chi connectivity index (χ1v) is 8.87. The van der Waals surface area contributed by atoms with Crippen LogP contribution in [0.1, 0.15) is 17.4 Å². The van der Waals surface area contributed by atoms with Gasteiger partial charge in [0.2, 0.25) is 0 Å². The van der Waals surface area contributed by atoms with Crippen molar-refractivity contribution in [3.63, 3.8) is 0 Å². The van der Waals surface area contributed by atoms with Crippen LogP contribution in [0.2, 0.25) is 0 Å². The summed E-state index contributed by atoms with van der Waals surface area (Å²) in [4.78, 5) is 16.1. The minimum atomic E-state index is -1.39. The lowest BCUT2D eigenvalue weighted by molar-refractivity contribution is -0.150. The van der Waals surface area contributed by atoms with Gasteiger partial charge < -0.3 is 9.84 Å². The van der Waals surface area contributed by atoms with Gasteiger partial charge in [0.1, 0.15) is 3.70 Å². The Bertz CT molecular complexity index is 942. The minimum Gasteiger partial charge on any atom is -0.467 e. The molecule has 0 unspecified atom stereocenters. The first kappa shape index (κ1) is 17.3. The van der Waals surface area contributed by atoms with Crippen LogP contribution < -0.4 is 0 Å². The number of halogens is 2. The van der Waals surface area contributed by atoms with Crippen molar-refractivity contribution >= 4 is 50.1 Å². The van der Waals surface area contributed by atoms with Gasteiger partial charge in [-0.2, -0.15) is 5.10 Å². The molecule has 24 heavy (non-hydrogen) atoms. The molecule has 0 amide bonds. The van der Waals surface area contributed by atoms with E-state index in [9.17, 15) is 9.90 Å². The number of ether oxygens (including phenoxy) is 1. The highest BCUT2D eigenvalue weighted by molar-refractivity contribution is 14.1. The molecule has 3 rings (SSSR count). The monoisotopic (exact) mass is 501 g/mol. The molecule has 6 nitrogen and oxygen atoms in total. The summed E-state index contributed by atoms with van der Waals surface area (Å²) in [6.07, 6.45) is -1.39. The Labute approximate surface area is 160 Å². The molecule has 0 saturated carbocycles. The van der Waals surface area contributed by atoms with Gasteiger partial charge >= 0.3 is 5.97 Å². The number of carbonyl (C=O) groups excluding carboxylic acids is 1. The number of rotatable bonds is 3. The first-order valence-electron chi connectivity index (χ1n) is 7.00. The maximum Gasteiger partial charge on any atom is 0.339 e. The van der Waals surface area contributed by atoms with E-state index in [1.54, 1.807) is 11.4 Å². The van der Waals surface area contributed by atoms with Gasteiger partial charge in [-0.25, -0.2) is 14.3 Å². The van der Waals surface area contributed by atoms with Crippen molar-refractivity contribution < 1.29 is 14.6 Å². The zero-order valence-corrected chi connectivity index (χ0v) is 16.6. The molecule has 0 aliphatic rings. The molecule has 0 aliphatic carbocycles. The Morgan fingerprint density at radius 3 is 2.83 bits per heavy atom. The van der Waals surface area contributed by atoms with E-state index in [1.165, 1.54) is 7.11 Å². The number of hydrogen-bond acceptors (Lipinski definition) is 5. The summed E-state index contributed by atoms with van der Waals surface area (Å²) in [7, 11) is 1.24. The molecule has 0 fully saturated rings. The molecular weight excluding hydrogens is 489 g/mol. The van der Waals surface area contributed by atoms with Crippen LogP contribution in [0.5, 0.6) is 0 Å². The molecule has 0 bridgehead atoms. The molecule has 2 heterocycles. The highest BCUT2D eigenvalue weighted by Crippen LogP contribution is 2.28. The fraction of sp³-hybridized carbons (Fsp3) is 0.188. The first-order chi connectivity index (χ1) is 11.4. The van der Waals surface area contributed by atoms with Gasteiger partial charge in [-0.3, -0.25) is 0 Å². The largest absolute Gasteiger partial charge is 0.467 e. The molecule has 1 N–H and O–H groups in total. The highest BCUT2D eigenvalue weighted by atomic mass is 127. The second-order valence-corrected chi connectivity index (χ2v) is 7.07. The second-order valence-electron chi connectivity index (χ2n) is 5.14. The Kier molecular flexibility index (Phi) is 4.88. The maximum absolute atomic E-state index is 11.7. The topological polar surface area (TPSA) is 76.7 Å². The van der Waals surface area contributed by atoms with Gasteiger partial charge in [-0.1, -0.05) is 28.1 Å². The van der Waals surface area contributed by atoms with E-state index in [0.29, 0.717) is 20.6 Å². The van der Waals surface area contributed by atoms with Gasteiger partial charge in [0.25, 0.3) is 0 Å². The number of carbonyl (C=O) groups is 1. The summed E-state index contributed by atoms with van der Waals surface area (Å²) in [6, 6.07) is 9.66. The molecule has 0 radical (unpaired) electrons. The Hall–Kier alpha value is -1.52. The van der Waals surface area contributed by atoms with Crippen LogP contribution in [-0.4, -0.2) is 32.8 Å². The molecule has 0 spiro atoms. The summed E-state index contributed by atoms with van der Waals surface area (Å²) in [5.41, 5.74) is 3.31. The molecular formula is C16H13BrIN3O3. The van der Waals surface area contributed by atoms with Crippen LogP contribution in [0.3, 0.4) is 0 Å². The molecule has 124 valence electrons. The van der Waals surface area contributed by atoms with Crippen molar-refractivity contribution in [2.75, 3.05) is 7.11 Å². The van der Waals surface area contributed by atoms with E-state index in [2.05, 4.69) is 53.3 Å². The second kappa shape index (κ2) is 6.77. The minimum absolute atomic E-state index is 0.402. The summed E-state index contributed by atoms with van der Waals surface area (Å²) in [5.74, 6) is -0.725. The van der Waals surface area contributed by atoms with Crippen LogP contribution >= 0.6 is 38.5 Å². The van der Waals surface area contributed by atoms with Gasteiger partial charge in [-0.15, -0.1) is 0 Å². The molecule has 2 aromatic heterocycles. The van der Waals surface area contributed by atoms with Crippen molar-refractivity contribution in [3.8, 4) is 11.3 Å². The fourth-order valence-corrected chi connectivity index (χ4v) is 3.86. The average molecular weight is 502 g/mol. The smallest absolute Gasteiger partial charge is 0.339 e. The third kappa shape index (κ3) is 3.05.